The van der Waals surface area contributed by atoms with Crippen LogP contribution in [-0.2, 0) is 66.7 Å². The van der Waals surface area contributed by atoms with E-state index in [0.717, 1.165) is 0 Å². The lowest BCUT2D eigenvalue weighted by Gasteiger charge is -2.27. The van der Waals surface area contributed by atoms with Gasteiger partial charge in [-0.2, -0.15) is 29.8 Å². The number of unbranched alkanes of at least 4 members (excludes halogenated alkanes) is 2. The number of amides is 4. The number of nitrogens with one attached hydrogen (secondary N) is 4. The van der Waals surface area contributed by atoms with Crippen LogP contribution in [0.3, 0.4) is 0 Å². The van der Waals surface area contributed by atoms with E-state index in [2.05, 4.69) is 21.3 Å². The summed E-state index contributed by atoms with van der Waals surface area (Å²) in [4.78, 5) is 68.0. The fourth-order valence-electron chi connectivity index (χ4n) is 8.67. The number of rotatable bonds is 26. The van der Waals surface area contributed by atoms with E-state index < -0.39 is 134 Å². The van der Waals surface area contributed by atoms with E-state index in [9.17, 15) is 81.0 Å². The fourth-order valence-corrected chi connectivity index (χ4v) is 10.2. The van der Waals surface area contributed by atoms with Gasteiger partial charge in [0.25, 0.3) is 54.0 Å². The van der Waals surface area contributed by atoms with Crippen LogP contribution in [-0.4, -0.2) is 172 Å². The topological polar surface area (TPSA) is 431 Å². The lowest BCUT2D eigenvalue weighted by molar-refractivity contribution is -0.437. The zero-order valence-corrected chi connectivity index (χ0v) is 45.9. The van der Waals surface area contributed by atoms with Gasteiger partial charge in [-0.25, -0.2) is 8.42 Å². The minimum absolute atomic E-state index is 0.00824. The molecule has 32 heteroatoms. The number of carboxylic acids is 1. The predicted molar refractivity (Wildman–Crippen MR) is 273 cm³/mol. The van der Waals surface area contributed by atoms with E-state index in [-0.39, 0.29) is 60.4 Å². The van der Waals surface area contributed by atoms with E-state index in [1.165, 1.54) is 24.3 Å². The van der Waals surface area contributed by atoms with Crippen molar-refractivity contribution in [1.29, 1.82) is 0 Å². The largest absolute Gasteiger partial charge is 0.748 e. The number of hydrogen-bond donors (Lipinski definition) is 8. The van der Waals surface area contributed by atoms with Gasteiger partial charge >= 0.3 is 16.6 Å². The highest BCUT2D eigenvalue weighted by Gasteiger charge is 2.48. The average molecular weight is 1170 g/mol. The summed E-state index contributed by atoms with van der Waals surface area (Å²) < 4.78 is 159. The first kappa shape index (κ1) is 64.3. The summed E-state index contributed by atoms with van der Waals surface area (Å²) in [5.41, 5.74) is -0.425. The van der Waals surface area contributed by atoms with E-state index in [4.69, 9.17) is 12.6 Å². The van der Waals surface area contributed by atoms with E-state index in [1.807, 2.05) is 0 Å². The van der Waals surface area contributed by atoms with E-state index >= 15 is 0 Å². The van der Waals surface area contributed by atoms with Crippen LogP contribution in [0.5, 0.6) is 0 Å². The number of anilines is 1. The summed E-state index contributed by atoms with van der Waals surface area (Å²) >= 11 is 0. The van der Waals surface area contributed by atoms with Crippen molar-refractivity contribution in [3.63, 3.8) is 0 Å². The second kappa shape index (κ2) is 26.4. The zero-order valence-electron chi connectivity index (χ0n) is 41.8. The van der Waals surface area contributed by atoms with Crippen LogP contribution in [0.25, 0.3) is 0 Å². The molecular formula is C44H60N6O21S5. The Hall–Kier alpha value is -6.00. The molecule has 0 aliphatic carbocycles. The molecule has 0 atom stereocenters. The second-order valence-electron chi connectivity index (χ2n) is 18.2. The molecule has 0 bridgehead atoms. The number of carboxylic acid groups (broad SMARTS) is 1. The van der Waals surface area contributed by atoms with Gasteiger partial charge < -0.3 is 35.8 Å². The summed E-state index contributed by atoms with van der Waals surface area (Å²) in [6.07, 6.45) is 5.71. The first-order chi connectivity index (χ1) is 34.9. The first-order valence-electron chi connectivity index (χ1n) is 23.0. The third kappa shape index (κ3) is 18.9. The Balaban J connectivity index is 0.00000366. The Kier molecular flexibility index (Phi) is 22.3. The molecule has 0 saturated carbocycles. The van der Waals surface area contributed by atoms with Gasteiger partial charge in [-0.05, 0) is 57.9 Å². The number of aliphatic carboxylic acids is 1. The molecule has 2 aliphatic rings. The van der Waals surface area contributed by atoms with E-state index in [1.54, 1.807) is 62.3 Å². The molecule has 422 valence electrons. The number of hydrogen-bond acceptors (Lipinski definition) is 18. The van der Waals surface area contributed by atoms with Gasteiger partial charge in [0.05, 0.1) is 43.9 Å². The SMILES string of the molecule is CCNC(=O)c1cc(C(=O)NCCS(=O)(=O)O)c2c(c1)[N+](CCCS(=O)(=O)[O-])=C(/C=C/C=C1/N(CCCCCC(=O)O)c3cc(C(=O)NCCS(=O)(=O)O)cc(C(=O)NCCS(=O)(=O)O)c3C1(C)C)C2(C)C.O=S(=O)=O. The molecule has 0 unspecified atom stereocenters. The van der Waals surface area contributed by atoms with Crippen LogP contribution in [0, 0.1) is 0 Å². The monoisotopic (exact) mass is 1170 g/mol. The first-order valence-corrected chi connectivity index (χ1v) is 30.4. The fraction of sp³-hybridized carbons (Fsp3) is 0.500. The lowest BCUT2D eigenvalue weighted by Crippen LogP contribution is -2.33. The molecule has 2 heterocycles. The summed E-state index contributed by atoms with van der Waals surface area (Å²) in [5.74, 6) is -7.39. The van der Waals surface area contributed by atoms with Crippen LogP contribution in [0.2, 0.25) is 0 Å². The third-order valence-corrected chi connectivity index (χ3v) is 14.7. The number of nitrogens with zero attached hydrogens (tertiary/aromatic N) is 2. The van der Waals surface area contributed by atoms with Gasteiger partial charge in [-0.3, -0.25) is 37.6 Å². The number of allylic oxidation sites excluding steroid dienone is 4. The number of carbonyl (C=O) groups excluding carboxylic acids is 4. The Morgan fingerprint density at radius 2 is 1.13 bits per heavy atom. The number of fused-ring (bicyclic) bond motifs is 2. The number of carbonyl (C=O) groups is 5. The molecule has 8 N–H and O–H groups in total. The normalized spacial score (nSPS) is 15.4. The van der Waals surface area contributed by atoms with Crippen LogP contribution in [0.15, 0.2) is 48.2 Å². The van der Waals surface area contributed by atoms with Crippen molar-refractivity contribution in [2.45, 2.75) is 77.6 Å². The van der Waals surface area contributed by atoms with Gasteiger partial charge in [-0.1, -0.05) is 26.3 Å². The molecule has 2 aliphatic heterocycles. The van der Waals surface area contributed by atoms with Crippen molar-refractivity contribution in [2.24, 2.45) is 0 Å². The average Bonchev–Trinajstić information content (AvgIpc) is 3.61. The Morgan fingerprint density at radius 1 is 0.658 bits per heavy atom. The maximum absolute atomic E-state index is 14.0. The third-order valence-electron chi connectivity index (χ3n) is 11.8. The standard InChI is InChI=1S/C44H60N6O18S4.O3S/c1-6-45-39(53)28-24-30(41(55)47-16-22-71(63,64)65)38-33(26-28)50(19-11-20-69(57,58)59)35(44(38,4)5)13-10-12-34-43(2,3)37-31(42(56)48-17-23-72(66,67)68)25-29(40(54)46-15-21-70(60,61)62)27-32(37)49(34)18-9-7-8-14-36(51)52;1-4(2)3/h10,12-13,24-27H,6-9,11,14-23H2,1-5H3,(H8-,45,46,47,48,51,52,53,54,55,56,57,58,59,60,61,62,63,64,65,66,67,68);. The molecule has 2 aromatic rings. The predicted octanol–water partition coefficient (Wildman–Crippen LogP) is 0.479. The smallest absolute Gasteiger partial charge is 0.425 e. The molecule has 0 fully saturated rings. The molecule has 0 aromatic heterocycles. The molecule has 0 radical (unpaired) electrons. The molecular weight excluding hydrogens is 1110 g/mol. The summed E-state index contributed by atoms with van der Waals surface area (Å²) in [7, 11) is -21.3. The molecule has 76 heavy (non-hydrogen) atoms. The molecule has 27 nitrogen and oxygen atoms in total. The molecule has 4 rings (SSSR count). The van der Waals surface area contributed by atoms with Gasteiger partial charge in [-0.15, -0.1) is 12.6 Å². The van der Waals surface area contributed by atoms with Gasteiger partial charge in [0.15, 0.2) is 5.71 Å². The highest BCUT2D eigenvalue weighted by atomic mass is 32.2. The van der Waals surface area contributed by atoms with Crippen molar-refractivity contribution in [3.05, 3.63) is 81.6 Å². The molecule has 2 aromatic carbocycles. The van der Waals surface area contributed by atoms with Crippen molar-refractivity contribution < 1.29 is 98.2 Å². The van der Waals surface area contributed by atoms with Gasteiger partial charge in [0, 0.05) is 103 Å². The quantitative estimate of drug-likeness (QED) is 0.0361. The van der Waals surface area contributed by atoms with Crippen LogP contribution in [0.1, 0.15) is 119 Å². The van der Waals surface area contributed by atoms with Gasteiger partial charge in [0.1, 0.15) is 6.54 Å². The molecule has 0 spiro atoms. The van der Waals surface area contributed by atoms with Crippen LogP contribution >= 0.6 is 0 Å². The zero-order chi connectivity index (χ0) is 57.8. The Labute approximate surface area is 441 Å². The minimum Gasteiger partial charge on any atom is -0.748 e. The van der Waals surface area contributed by atoms with Crippen molar-refractivity contribution >= 4 is 97.8 Å². The summed E-state index contributed by atoms with van der Waals surface area (Å²) in [5, 5.41) is 19.2. The second-order valence-corrected chi connectivity index (χ2v) is 24.8. The Morgan fingerprint density at radius 3 is 1.61 bits per heavy atom. The van der Waals surface area contributed by atoms with Crippen LogP contribution < -0.4 is 26.2 Å². The highest BCUT2D eigenvalue weighted by molar-refractivity contribution is 7.86. The molecule has 0 saturated heterocycles. The lowest BCUT2D eigenvalue weighted by atomic mass is 9.78. The van der Waals surface area contributed by atoms with E-state index in [0.29, 0.717) is 47.5 Å². The van der Waals surface area contributed by atoms with Crippen molar-refractivity contribution in [3.8, 4) is 0 Å². The summed E-state index contributed by atoms with van der Waals surface area (Å²) in [6.45, 7) is 7.33. The maximum Gasteiger partial charge on any atom is 0.425 e. The van der Waals surface area contributed by atoms with Crippen LogP contribution in [0.4, 0.5) is 11.4 Å². The Bertz CT molecular complexity index is 3270. The molecule has 4 amide bonds. The highest BCUT2D eigenvalue weighted by Crippen LogP contribution is 2.50. The number of benzene rings is 2. The van der Waals surface area contributed by atoms with Crippen molar-refractivity contribution in [2.75, 3.05) is 67.2 Å². The van der Waals surface area contributed by atoms with Gasteiger partial charge in [0.2, 0.25) is 5.69 Å². The maximum atomic E-state index is 14.0. The van der Waals surface area contributed by atoms with Crippen molar-refractivity contribution in [1.82, 2.24) is 21.3 Å². The minimum atomic E-state index is -4.71. The summed E-state index contributed by atoms with van der Waals surface area (Å²) in [6, 6.07) is 5.47.